The van der Waals surface area contributed by atoms with Crippen molar-refractivity contribution in [1.82, 2.24) is 19.9 Å². The van der Waals surface area contributed by atoms with Gasteiger partial charge in [-0.25, -0.2) is 15.0 Å². The zero-order valence-corrected chi connectivity index (χ0v) is 20.3. The summed E-state index contributed by atoms with van der Waals surface area (Å²) in [6, 6.07) is 10.1. The van der Waals surface area contributed by atoms with Gasteiger partial charge in [-0.1, -0.05) is 48.4 Å². The van der Waals surface area contributed by atoms with Gasteiger partial charge in [0.05, 0.1) is 10.6 Å². The average Bonchev–Trinajstić information content (AvgIpc) is 2.86. The van der Waals surface area contributed by atoms with Gasteiger partial charge in [0.1, 0.15) is 12.0 Å². The number of carbonyl (C=O) groups is 1. The van der Waals surface area contributed by atoms with E-state index in [1.54, 1.807) is 6.33 Å². The van der Waals surface area contributed by atoms with Crippen LogP contribution in [0.5, 0.6) is 0 Å². The summed E-state index contributed by atoms with van der Waals surface area (Å²) < 4.78 is 36.7. The van der Waals surface area contributed by atoms with Crippen LogP contribution in [0.15, 0.2) is 67.9 Å². The number of pyridine rings is 1. The Balaban J connectivity index is 0.000000223. The first-order chi connectivity index (χ1) is 17.2. The number of aromatic nitrogens is 3. The van der Waals surface area contributed by atoms with E-state index in [4.69, 9.17) is 17.3 Å². The van der Waals surface area contributed by atoms with Crippen molar-refractivity contribution in [2.45, 2.75) is 37.9 Å². The molecule has 4 rings (SSSR count). The number of alkyl halides is 3. The van der Waals surface area contributed by atoms with Crippen LogP contribution in [0.4, 0.5) is 13.2 Å². The molecule has 0 spiro atoms. The number of nitrogens with zero attached hydrogens (tertiary/aromatic N) is 4. The zero-order valence-electron chi connectivity index (χ0n) is 19.6. The molecule has 1 aromatic carbocycles. The fourth-order valence-corrected chi connectivity index (χ4v) is 4.44. The Morgan fingerprint density at radius 1 is 1.19 bits per heavy atom. The molecule has 1 saturated heterocycles. The van der Waals surface area contributed by atoms with Gasteiger partial charge in [0.25, 0.3) is 5.91 Å². The van der Waals surface area contributed by atoms with E-state index in [0.717, 1.165) is 24.7 Å². The van der Waals surface area contributed by atoms with Gasteiger partial charge >= 0.3 is 6.18 Å². The van der Waals surface area contributed by atoms with Crippen molar-refractivity contribution in [3.63, 3.8) is 0 Å². The molecule has 0 bridgehead atoms. The van der Waals surface area contributed by atoms with Crippen LogP contribution in [0.2, 0.25) is 5.02 Å². The van der Waals surface area contributed by atoms with Gasteiger partial charge < -0.3 is 5.73 Å². The van der Waals surface area contributed by atoms with Crippen LogP contribution in [0, 0.1) is 0 Å². The first kappa shape index (κ1) is 27.3. The first-order valence-corrected chi connectivity index (χ1v) is 11.8. The van der Waals surface area contributed by atoms with E-state index < -0.39 is 28.4 Å². The third-order valence-electron chi connectivity index (χ3n) is 5.83. The number of nitrogens with two attached hydrogens (primary N) is 1. The summed E-state index contributed by atoms with van der Waals surface area (Å²) in [6.45, 7) is 6.09. The molecular formula is C26H27ClF3N5O. The van der Waals surface area contributed by atoms with Crippen LogP contribution >= 0.6 is 11.6 Å². The summed E-state index contributed by atoms with van der Waals surface area (Å²) in [5.74, 6) is -1.10. The molecule has 1 aliphatic heterocycles. The van der Waals surface area contributed by atoms with Gasteiger partial charge in [-0.05, 0) is 43.0 Å². The summed E-state index contributed by atoms with van der Waals surface area (Å²) in [5.41, 5.74) is 6.74. The number of primary amides is 1. The SMILES string of the molecule is C=CCN1CCCCC1Cc1cccc(-c2cncnc2)c1.NC(=O)c1nccc(C(F)(F)F)c1Cl. The molecule has 2 aromatic heterocycles. The van der Waals surface area contributed by atoms with Gasteiger partial charge in [0.15, 0.2) is 0 Å². The lowest BCUT2D eigenvalue weighted by Gasteiger charge is -2.35. The van der Waals surface area contributed by atoms with E-state index >= 15 is 0 Å². The second-order valence-electron chi connectivity index (χ2n) is 8.35. The maximum absolute atomic E-state index is 12.2. The Morgan fingerprint density at radius 3 is 2.61 bits per heavy atom. The number of likely N-dealkylation sites (tertiary alicyclic amines) is 1. The van der Waals surface area contributed by atoms with Crippen molar-refractivity contribution in [1.29, 1.82) is 0 Å². The monoisotopic (exact) mass is 517 g/mol. The molecule has 6 nitrogen and oxygen atoms in total. The summed E-state index contributed by atoms with van der Waals surface area (Å²) in [7, 11) is 0. The molecule has 2 N–H and O–H groups in total. The number of hydrogen-bond donors (Lipinski definition) is 1. The van der Waals surface area contributed by atoms with Crippen LogP contribution in [0.25, 0.3) is 11.1 Å². The van der Waals surface area contributed by atoms with Gasteiger partial charge in [0, 0.05) is 36.7 Å². The van der Waals surface area contributed by atoms with E-state index in [9.17, 15) is 18.0 Å². The minimum Gasteiger partial charge on any atom is -0.364 e. The van der Waals surface area contributed by atoms with Crippen molar-refractivity contribution >= 4 is 17.5 Å². The average molecular weight is 518 g/mol. The van der Waals surface area contributed by atoms with Gasteiger partial charge in [-0.2, -0.15) is 13.2 Å². The normalized spacial score (nSPS) is 16.1. The quantitative estimate of drug-likeness (QED) is 0.431. The van der Waals surface area contributed by atoms with Crippen LogP contribution in [-0.2, 0) is 12.6 Å². The Hall–Kier alpha value is -3.30. The van der Waals surface area contributed by atoms with E-state index in [0.29, 0.717) is 12.1 Å². The summed E-state index contributed by atoms with van der Waals surface area (Å²) in [4.78, 5) is 24.7. The van der Waals surface area contributed by atoms with Crippen LogP contribution in [-0.4, -0.2) is 44.9 Å². The smallest absolute Gasteiger partial charge is 0.364 e. The van der Waals surface area contributed by atoms with Gasteiger partial charge in [0.2, 0.25) is 0 Å². The predicted octanol–water partition coefficient (Wildman–Crippen LogP) is 5.58. The molecule has 10 heteroatoms. The van der Waals surface area contributed by atoms with E-state index in [1.165, 1.54) is 36.9 Å². The molecule has 1 atom stereocenters. The molecule has 36 heavy (non-hydrogen) atoms. The second-order valence-corrected chi connectivity index (χ2v) is 8.73. The predicted molar refractivity (Wildman–Crippen MR) is 133 cm³/mol. The molecule has 0 saturated carbocycles. The van der Waals surface area contributed by atoms with Crippen LogP contribution in [0.1, 0.15) is 40.9 Å². The molecular weight excluding hydrogens is 491 g/mol. The third kappa shape index (κ3) is 7.35. The van der Waals surface area contributed by atoms with Crippen molar-refractivity contribution in [2.24, 2.45) is 5.73 Å². The number of amides is 1. The summed E-state index contributed by atoms with van der Waals surface area (Å²) in [6.07, 6.45) is 8.59. The van der Waals surface area contributed by atoms with Gasteiger partial charge in [-0.15, -0.1) is 6.58 Å². The molecule has 3 heterocycles. The molecule has 3 aromatic rings. The fourth-order valence-electron chi connectivity index (χ4n) is 4.13. The summed E-state index contributed by atoms with van der Waals surface area (Å²) in [5, 5.41) is -0.771. The number of piperidine rings is 1. The number of rotatable bonds is 6. The molecule has 1 unspecified atom stereocenters. The van der Waals surface area contributed by atoms with Gasteiger partial charge in [-0.3, -0.25) is 9.69 Å². The van der Waals surface area contributed by atoms with Crippen molar-refractivity contribution < 1.29 is 18.0 Å². The Morgan fingerprint density at radius 2 is 1.94 bits per heavy atom. The molecule has 1 fully saturated rings. The van der Waals surface area contributed by atoms with E-state index in [2.05, 4.69) is 50.7 Å². The topological polar surface area (TPSA) is 85.0 Å². The Bertz CT molecular complexity index is 1170. The van der Waals surface area contributed by atoms with Crippen molar-refractivity contribution in [3.8, 4) is 11.1 Å². The highest BCUT2D eigenvalue weighted by Crippen LogP contribution is 2.35. The highest BCUT2D eigenvalue weighted by atomic mass is 35.5. The number of benzene rings is 1. The Labute approximate surface area is 213 Å². The highest BCUT2D eigenvalue weighted by molar-refractivity contribution is 6.34. The first-order valence-electron chi connectivity index (χ1n) is 11.4. The lowest BCUT2D eigenvalue weighted by Crippen LogP contribution is -2.40. The van der Waals surface area contributed by atoms with E-state index in [-0.39, 0.29) is 0 Å². The zero-order chi connectivity index (χ0) is 26.1. The third-order valence-corrected chi connectivity index (χ3v) is 6.22. The molecule has 1 amide bonds. The highest BCUT2D eigenvalue weighted by Gasteiger charge is 2.35. The van der Waals surface area contributed by atoms with E-state index in [1.807, 2.05) is 18.5 Å². The minimum atomic E-state index is -4.62. The molecule has 0 aliphatic carbocycles. The van der Waals surface area contributed by atoms with Crippen molar-refractivity contribution in [2.75, 3.05) is 13.1 Å². The molecule has 0 radical (unpaired) electrons. The summed E-state index contributed by atoms with van der Waals surface area (Å²) >= 11 is 5.31. The number of hydrogen-bond acceptors (Lipinski definition) is 5. The molecule has 190 valence electrons. The Kier molecular flexibility index (Phi) is 9.55. The van der Waals surface area contributed by atoms with Crippen LogP contribution < -0.4 is 5.73 Å². The number of halogens is 4. The maximum atomic E-state index is 12.2. The lowest BCUT2D eigenvalue weighted by molar-refractivity contribution is -0.137. The standard InChI is InChI=1S/C19H23N3.C7H4ClF3N2O/c1-2-9-22-10-4-3-8-19(22)12-16-6-5-7-17(11-16)18-13-20-15-21-14-18;8-4-3(7(9,10)11)1-2-13-5(4)6(12)14/h2,5-7,11,13-15,19H,1,3-4,8-10,12H2;1-2H,(H2,12,14). The maximum Gasteiger partial charge on any atom is 0.417 e. The largest absolute Gasteiger partial charge is 0.417 e. The minimum absolute atomic E-state index is 0.582. The molecule has 1 aliphatic rings. The second kappa shape index (κ2) is 12.6. The fraction of sp³-hybridized carbons (Fsp3) is 0.308. The lowest BCUT2D eigenvalue weighted by atomic mass is 9.94. The van der Waals surface area contributed by atoms with Crippen molar-refractivity contribution in [3.05, 3.63) is 89.7 Å². The van der Waals surface area contributed by atoms with Crippen LogP contribution in [0.3, 0.4) is 0 Å². The number of carbonyl (C=O) groups excluding carboxylic acids is 1.